The van der Waals surface area contributed by atoms with Crippen molar-refractivity contribution < 1.29 is 9.18 Å². The molecule has 0 bridgehead atoms. The van der Waals surface area contributed by atoms with Gasteiger partial charge in [0, 0.05) is 19.3 Å². The number of hydrogen-bond acceptors (Lipinski definition) is 2. The summed E-state index contributed by atoms with van der Waals surface area (Å²) in [7, 11) is 1.76. The first-order valence-electron chi connectivity index (χ1n) is 6.47. The third-order valence-electron chi connectivity index (χ3n) is 3.84. The molecule has 0 aliphatic heterocycles. The molecule has 1 amide bonds. The van der Waals surface area contributed by atoms with E-state index in [9.17, 15) is 9.18 Å². The molecule has 0 radical (unpaired) electrons. The highest BCUT2D eigenvalue weighted by Gasteiger charge is 2.26. The van der Waals surface area contributed by atoms with Crippen molar-refractivity contribution in [3.63, 3.8) is 0 Å². The Balaban J connectivity index is 2.07. The maximum absolute atomic E-state index is 13.5. The van der Waals surface area contributed by atoms with Gasteiger partial charge in [0.15, 0.2) is 0 Å². The van der Waals surface area contributed by atoms with E-state index in [1.165, 1.54) is 12.3 Å². The van der Waals surface area contributed by atoms with Crippen LogP contribution in [0.2, 0.25) is 0 Å². The zero-order chi connectivity index (χ0) is 13.1. The van der Waals surface area contributed by atoms with Crippen molar-refractivity contribution in [2.45, 2.75) is 38.6 Å². The van der Waals surface area contributed by atoms with Crippen LogP contribution < -0.4 is 0 Å². The lowest BCUT2D eigenvalue weighted by atomic mass is 9.86. The summed E-state index contributed by atoms with van der Waals surface area (Å²) < 4.78 is 13.5. The highest BCUT2D eigenvalue weighted by atomic mass is 19.1. The van der Waals surface area contributed by atoms with E-state index < -0.39 is 5.95 Å². The first-order chi connectivity index (χ1) is 8.59. The molecule has 1 aliphatic rings. The van der Waals surface area contributed by atoms with Gasteiger partial charge in [-0.05, 0) is 43.7 Å². The fraction of sp³-hybridized carbons (Fsp3) is 0.571. The molecule has 3 nitrogen and oxygen atoms in total. The average Bonchev–Trinajstić information content (AvgIpc) is 2.38. The van der Waals surface area contributed by atoms with E-state index in [1.807, 2.05) is 0 Å². The summed E-state index contributed by atoms with van der Waals surface area (Å²) in [6.45, 7) is 2.23. The first kappa shape index (κ1) is 13.0. The van der Waals surface area contributed by atoms with Crippen molar-refractivity contribution in [3.05, 3.63) is 29.8 Å². The predicted molar refractivity (Wildman–Crippen MR) is 67.7 cm³/mol. The Morgan fingerprint density at radius 1 is 1.39 bits per heavy atom. The minimum absolute atomic E-state index is 0.0682. The number of rotatable bonds is 2. The Hall–Kier alpha value is -1.45. The second-order valence-electron chi connectivity index (χ2n) is 5.17. The van der Waals surface area contributed by atoms with Crippen LogP contribution in [0.3, 0.4) is 0 Å². The van der Waals surface area contributed by atoms with E-state index >= 15 is 0 Å². The topological polar surface area (TPSA) is 33.2 Å². The van der Waals surface area contributed by atoms with E-state index in [0.29, 0.717) is 0 Å². The van der Waals surface area contributed by atoms with Crippen molar-refractivity contribution in [1.29, 1.82) is 0 Å². The molecule has 0 unspecified atom stereocenters. The van der Waals surface area contributed by atoms with Crippen molar-refractivity contribution in [2.75, 3.05) is 7.05 Å². The highest BCUT2D eigenvalue weighted by molar-refractivity contribution is 5.94. The molecule has 2 rings (SSSR count). The number of aromatic nitrogens is 1. The largest absolute Gasteiger partial charge is 0.339 e. The molecule has 1 saturated carbocycles. The molecule has 1 fully saturated rings. The van der Waals surface area contributed by atoms with E-state index in [4.69, 9.17) is 0 Å². The lowest BCUT2D eigenvalue weighted by molar-refractivity contribution is 0.0674. The van der Waals surface area contributed by atoms with Gasteiger partial charge >= 0.3 is 0 Å². The third-order valence-corrected chi connectivity index (χ3v) is 3.84. The van der Waals surface area contributed by atoms with Crippen molar-refractivity contribution in [3.8, 4) is 0 Å². The van der Waals surface area contributed by atoms with Crippen LogP contribution in [-0.2, 0) is 0 Å². The Morgan fingerprint density at radius 2 is 2.06 bits per heavy atom. The predicted octanol–water partition coefficient (Wildman–Crippen LogP) is 2.87. The molecule has 0 aromatic carbocycles. The molecule has 1 aromatic heterocycles. The van der Waals surface area contributed by atoms with Gasteiger partial charge in [-0.2, -0.15) is 4.39 Å². The van der Waals surface area contributed by atoms with Crippen LogP contribution in [0.15, 0.2) is 18.3 Å². The highest BCUT2D eigenvalue weighted by Crippen LogP contribution is 2.27. The SMILES string of the molecule is CC1CCC(N(C)C(=O)c2cccnc2F)CC1. The first-order valence-corrected chi connectivity index (χ1v) is 6.47. The van der Waals surface area contributed by atoms with Gasteiger partial charge in [-0.25, -0.2) is 4.98 Å². The van der Waals surface area contributed by atoms with Crippen molar-refractivity contribution in [1.82, 2.24) is 9.88 Å². The number of hydrogen-bond donors (Lipinski definition) is 0. The van der Waals surface area contributed by atoms with E-state index in [2.05, 4.69) is 11.9 Å². The second-order valence-corrected chi connectivity index (χ2v) is 5.17. The molecule has 0 atom stereocenters. The average molecular weight is 250 g/mol. The molecule has 18 heavy (non-hydrogen) atoms. The Labute approximate surface area is 107 Å². The Bertz CT molecular complexity index is 428. The van der Waals surface area contributed by atoms with Crippen LogP contribution in [0.5, 0.6) is 0 Å². The number of carbonyl (C=O) groups excluding carboxylic acids is 1. The van der Waals surface area contributed by atoms with Gasteiger partial charge < -0.3 is 4.90 Å². The molecule has 98 valence electrons. The van der Waals surface area contributed by atoms with Gasteiger partial charge in [0.2, 0.25) is 5.95 Å². The molecular weight excluding hydrogens is 231 g/mol. The Kier molecular flexibility index (Phi) is 3.94. The summed E-state index contributed by atoms with van der Waals surface area (Å²) in [5, 5.41) is 0. The second kappa shape index (κ2) is 5.46. The zero-order valence-corrected chi connectivity index (χ0v) is 10.9. The molecule has 1 aliphatic carbocycles. The molecule has 1 heterocycles. The number of carbonyl (C=O) groups is 1. The van der Waals surface area contributed by atoms with Crippen LogP contribution in [-0.4, -0.2) is 28.9 Å². The molecule has 0 spiro atoms. The van der Waals surface area contributed by atoms with Crippen LogP contribution >= 0.6 is 0 Å². The number of pyridine rings is 1. The number of halogens is 1. The van der Waals surface area contributed by atoms with E-state index in [0.717, 1.165) is 31.6 Å². The summed E-state index contributed by atoms with van der Waals surface area (Å²) in [6, 6.07) is 3.31. The summed E-state index contributed by atoms with van der Waals surface area (Å²) in [5.74, 6) is -0.210. The molecule has 0 saturated heterocycles. The minimum atomic E-state index is -0.682. The summed E-state index contributed by atoms with van der Waals surface area (Å²) in [4.78, 5) is 17.4. The number of amides is 1. The molecule has 4 heteroatoms. The van der Waals surface area contributed by atoms with Crippen LogP contribution in [0, 0.1) is 11.9 Å². The standard InChI is InChI=1S/C14H19FN2O/c1-10-5-7-11(8-6-10)17(2)14(18)12-4-3-9-16-13(12)15/h3-4,9-11H,5-8H2,1-2H3. The maximum atomic E-state index is 13.5. The normalized spacial score (nSPS) is 23.7. The van der Waals surface area contributed by atoms with Gasteiger partial charge in [-0.15, -0.1) is 0 Å². The lowest BCUT2D eigenvalue weighted by Gasteiger charge is -2.33. The van der Waals surface area contributed by atoms with Gasteiger partial charge in [0.05, 0.1) is 5.56 Å². The van der Waals surface area contributed by atoms with Crippen LogP contribution in [0.25, 0.3) is 0 Å². The molecule has 1 aromatic rings. The lowest BCUT2D eigenvalue weighted by Crippen LogP contribution is -2.39. The Morgan fingerprint density at radius 3 is 2.67 bits per heavy atom. The fourth-order valence-electron chi connectivity index (χ4n) is 2.53. The summed E-state index contributed by atoms with van der Waals surface area (Å²) >= 11 is 0. The fourth-order valence-corrected chi connectivity index (χ4v) is 2.53. The summed E-state index contributed by atoms with van der Waals surface area (Å²) in [6.07, 6.45) is 5.64. The van der Waals surface area contributed by atoms with Gasteiger partial charge in [0.25, 0.3) is 5.91 Å². The van der Waals surface area contributed by atoms with E-state index in [1.54, 1.807) is 18.0 Å². The zero-order valence-electron chi connectivity index (χ0n) is 10.9. The number of nitrogens with zero attached hydrogens (tertiary/aromatic N) is 2. The monoisotopic (exact) mass is 250 g/mol. The minimum Gasteiger partial charge on any atom is -0.339 e. The van der Waals surface area contributed by atoms with Crippen molar-refractivity contribution >= 4 is 5.91 Å². The van der Waals surface area contributed by atoms with Gasteiger partial charge in [0.1, 0.15) is 0 Å². The quantitative estimate of drug-likeness (QED) is 0.756. The molecule has 0 N–H and O–H groups in total. The summed E-state index contributed by atoms with van der Waals surface area (Å²) in [5.41, 5.74) is 0.0682. The van der Waals surface area contributed by atoms with Crippen LogP contribution in [0.1, 0.15) is 43.0 Å². The molecular formula is C14H19FN2O. The maximum Gasteiger partial charge on any atom is 0.258 e. The van der Waals surface area contributed by atoms with Crippen molar-refractivity contribution in [2.24, 2.45) is 5.92 Å². The third kappa shape index (κ3) is 2.68. The van der Waals surface area contributed by atoms with Gasteiger partial charge in [-0.3, -0.25) is 4.79 Å². The smallest absolute Gasteiger partial charge is 0.258 e. The van der Waals surface area contributed by atoms with Crippen LogP contribution in [0.4, 0.5) is 4.39 Å². The van der Waals surface area contributed by atoms with E-state index in [-0.39, 0.29) is 17.5 Å². The van der Waals surface area contributed by atoms with Gasteiger partial charge in [-0.1, -0.05) is 6.92 Å².